The molecule has 2 aromatic rings. The van der Waals surface area contributed by atoms with Gasteiger partial charge in [0.05, 0.1) is 18.4 Å². The van der Waals surface area contributed by atoms with Crippen LogP contribution in [0.2, 0.25) is 0 Å². The van der Waals surface area contributed by atoms with Crippen molar-refractivity contribution >= 4 is 0 Å². The number of aromatic nitrogens is 3. The highest BCUT2D eigenvalue weighted by Crippen LogP contribution is 2.21. The van der Waals surface area contributed by atoms with Crippen LogP contribution in [0.1, 0.15) is 45.2 Å². The van der Waals surface area contributed by atoms with Crippen molar-refractivity contribution in [3.05, 3.63) is 46.5 Å². The van der Waals surface area contributed by atoms with Gasteiger partial charge in [0, 0.05) is 18.0 Å². The Hall–Kier alpha value is -1.95. The number of piperidine rings is 1. The van der Waals surface area contributed by atoms with Gasteiger partial charge in [-0.2, -0.15) is 5.10 Å². The summed E-state index contributed by atoms with van der Waals surface area (Å²) in [5.41, 5.74) is 0.906. The molecular formula is C18H26N4O2. The first-order valence-electron chi connectivity index (χ1n) is 8.61. The first-order chi connectivity index (χ1) is 11.4. The lowest BCUT2D eigenvalue weighted by Crippen LogP contribution is -2.37. The van der Waals surface area contributed by atoms with Crippen molar-refractivity contribution in [1.29, 1.82) is 0 Å². The number of hydrogen-bond donors (Lipinski definition) is 0. The molecule has 0 spiro atoms. The van der Waals surface area contributed by atoms with Crippen molar-refractivity contribution in [2.24, 2.45) is 5.92 Å². The maximum Gasteiger partial charge on any atom is 0.266 e. The zero-order valence-electron chi connectivity index (χ0n) is 14.7. The molecular weight excluding hydrogens is 304 g/mol. The van der Waals surface area contributed by atoms with Crippen molar-refractivity contribution < 1.29 is 4.42 Å². The van der Waals surface area contributed by atoms with Gasteiger partial charge in [-0.3, -0.25) is 9.69 Å². The summed E-state index contributed by atoms with van der Waals surface area (Å²) in [5.74, 6) is 1.26. The highest BCUT2D eigenvalue weighted by molar-refractivity contribution is 5.10. The van der Waals surface area contributed by atoms with Gasteiger partial charge in [0.25, 0.3) is 5.56 Å². The van der Waals surface area contributed by atoms with E-state index in [2.05, 4.69) is 35.8 Å². The predicted molar refractivity (Wildman–Crippen MR) is 91.7 cm³/mol. The lowest BCUT2D eigenvalue weighted by molar-refractivity contribution is 0.151. The molecule has 0 N–H and O–H groups in total. The van der Waals surface area contributed by atoms with E-state index in [-0.39, 0.29) is 11.0 Å². The van der Waals surface area contributed by atoms with Crippen LogP contribution in [-0.4, -0.2) is 32.8 Å². The van der Waals surface area contributed by atoms with Crippen LogP contribution >= 0.6 is 0 Å². The standard InChI is InChI=1S/C18H26N4O2/c1-18(2,3)15-4-5-17(23)22(20-15)12-14-6-9-21(10-7-14)13-16-19-8-11-24-16/h4-5,8,11,14H,6-7,9-10,12-13H2,1-3H3. The lowest BCUT2D eigenvalue weighted by atomic mass is 9.92. The van der Waals surface area contributed by atoms with E-state index in [9.17, 15) is 4.79 Å². The molecule has 0 radical (unpaired) electrons. The van der Waals surface area contributed by atoms with E-state index in [0.29, 0.717) is 12.5 Å². The van der Waals surface area contributed by atoms with E-state index in [1.807, 2.05) is 6.07 Å². The van der Waals surface area contributed by atoms with Gasteiger partial charge >= 0.3 is 0 Å². The van der Waals surface area contributed by atoms with Crippen LogP contribution in [0.25, 0.3) is 0 Å². The fourth-order valence-electron chi connectivity index (χ4n) is 3.07. The molecule has 0 atom stereocenters. The SMILES string of the molecule is CC(C)(C)c1ccc(=O)n(CC2CCN(Cc3ncco3)CC2)n1. The van der Waals surface area contributed by atoms with E-state index in [1.54, 1.807) is 23.2 Å². The van der Waals surface area contributed by atoms with E-state index < -0.39 is 0 Å². The Kier molecular flexibility index (Phi) is 4.85. The fourth-order valence-corrected chi connectivity index (χ4v) is 3.07. The highest BCUT2D eigenvalue weighted by atomic mass is 16.3. The molecule has 0 aliphatic carbocycles. The second-order valence-corrected chi connectivity index (χ2v) is 7.63. The second kappa shape index (κ2) is 6.89. The number of likely N-dealkylation sites (tertiary alicyclic amines) is 1. The van der Waals surface area contributed by atoms with Crippen LogP contribution in [0.15, 0.2) is 33.8 Å². The Balaban J connectivity index is 1.59. The van der Waals surface area contributed by atoms with Gasteiger partial charge in [0.2, 0.25) is 5.89 Å². The minimum atomic E-state index is -0.0468. The Morgan fingerprint density at radius 2 is 2.00 bits per heavy atom. The Bertz CT molecular complexity index is 707. The third-order valence-electron chi connectivity index (χ3n) is 4.62. The summed E-state index contributed by atoms with van der Waals surface area (Å²) in [4.78, 5) is 18.6. The predicted octanol–water partition coefficient (Wildman–Crippen LogP) is 2.44. The third-order valence-corrected chi connectivity index (χ3v) is 4.62. The van der Waals surface area contributed by atoms with E-state index in [1.165, 1.54) is 0 Å². The lowest BCUT2D eigenvalue weighted by Gasteiger charge is -2.31. The van der Waals surface area contributed by atoms with Crippen LogP contribution in [0.5, 0.6) is 0 Å². The zero-order chi connectivity index (χ0) is 17.2. The second-order valence-electron chi connectivity index (χ2n) is 7.63. The van der Waals surface area contributed by atoms with Crippen molar-refractivity contribution in [1.82, 2.24) is 19.7 Å². The quantitative estimate of drug-likeness (QED) is 0.861. The molecule has 6 heteroatoms. The zero-order valence-corrected chi connectivity index (χ0v) is 14.7. The van der Waals surface area contributed by atoms with E-state index in [4.69, 9.17) is 4.42 Å². The summed E-state index contributed by atoms with van der Waals surface area (Å²) >= 11 is 0. The van der Waals surface area contributed by atoms with Crippen LogP contribution in [-0.2, 0) is 18.5 Å². The molecule has 0 aromatic carbocycles. The maximum atomic E-state index is 12.1. The molecule has 3 heterocycles. The van der Waals surface area contributed by atoms with Gasteiger partial charge in [0.15, 0.2) is 0 Å². The van der Waals surface area contributed by atoms with Crippen molar-refractivity contribution in [3.63, 3.8) is 0 Å². The molecule has 2 aromatic heterocycles. The van der Waals surface area contributed by atoms with Crippen LogP contribution in [0, 0.1) is 5.92 Å². The van der Waals surface area contributed by atoms with Gasteiger partial charge in [-0.25, -0.2) is 9.67 Å². The largest absolute Gasteiger partial charge is 0.448 e. The summed E-state index contributed by atoms with van der Waals surface area (Å²) in [6.45, 7) is 9.82. The summed E-state index contributed by atoms with van der Waals surface area (Å²) in [7, 11) is 0. The monoisotopic (exact) mass is 330 g/mol. The van der Waals surface area contributed by atoms with E-state index >= 15 is 0 Å². The Morgan fingerprint density at radius 1 is 1.25 bits per heavy atom. The number of nitrogens with zero attached hydrogens (tertiary/aromatic N) is 4. The minimum absolute atomic E-state index is 0.00906. The minimum Gasteiger partial charge on any atom is -0.448 e. The molecule has 6 nitrogen and oxygen atoms in total. The third kappa shape index (κ3) is 4.12. The van der Waals surface area contributed by atoms with Gasteiger partial charge in [-0.1, -0.05) is 20.8 Å². The summed E-state index contributed by atoms with van der Waals surface area (Å²) < 4.78 is 6.96. The fraction of sp³-hybridized carbons (Fsp3) is 0.611. The highest BCUT2D eigenvalue weighted by Gasteiger charge is 2.22. The average Bonchev–Trinajstić information content (AvgIpc) is 3.03. The molecule has 1 saturated heterocycles. The molecule has 0 saturated carbocycles. The first-order valence-corrected chi connectivity index (χ1v) is 8.61. The molecule has 1 aliphatic rings. The van der Waals surface area contributed by atoms with Crippen LogP contribution < -0.4 is 5.56 Å². The molecule has 0 unspecified atom stereocenters. The van der Waals surface area contributed by atoms with Crippen molar-refractivity contribution in [2.75, 3.05) is 13.1 Å². The average molecular weight is 330 g/mol. The van der Waals surface area contributed by atoms with Gasteiger partial charge < -0.3 is 4.42 Å². The first kappa shape index (κ1) is 16.9. The molecule has 1 fully saturated rings. The summed E-state index contributed by atoms with van der Waals surface area (Å²) in [6, 6.07) is 3.49. The van der Waals surface area contributed by atoms with Crippen LogP contribution in [0.4, 0.5) is 0 Å². The smallest absolute Gasteiger partial charge is 0.266 e. The maximum absolute atomic E-state index is 12.1. The van der Waals surface area contributed by atoms with Gasteiger partial charge in [0.1, 0.15) is 6.26 Å². The number of hydrogen-bond acceptors (Lipinski definition) is 5. The Morgan fingerprint density at radius 3 is 2.62 bits per heavy atom. The molecule has 1 aliphatic heterocycles. The van der Waals surface area contributed by atoms with E-state index in [0.717, 1.165) is 44.1 Å². The Labute approximate surface area is 142 Å². The number of oxazole rings is 1. The van der Waals surface area contributed by atoms with Crippen LogP contribution in [0.3, 0.4) is 0 Å². The molecule has 0 amide bonds. The topological polar surface area (TPSA) is 64.2 Å². The van der Waals surface area contributed by atoms with Gasteiger partial charge in [-0.05, 0) is 37.9 Å². The van der Waals surface area contributed by atoms with Crippen molar-refractivity contribution in [3.8, 4) is 0 Å². The normalized spacial score (nSPS) is 17.3. The molecule has 24 heavy (non-hydrogen) atoms. The van der Waals surface area contributed by atoms with Crippen molar-refractivity contribution in [2.45, 2.75) is 52.1 Å². The summed E-state index contributed by atoms with van der Waals surface area (Å²) in [6.07, 6.45) is 5.42. The molecule has 130 valence electrons. The van der Waals surface area contributed by atoms with Gasteiger partial charge in [-0.15, -0.1) is 0 Å². The molecule has 0 bridgehead atoms. The summed E-state index contributed by atoms with van der Waals surface area (Å²) in [5, 5.41) is 4.58. The number of rotatable bonds is 4. The molecule has 3 rings (SSSR count).